The zero-order valence-corrected chi connectivity index (χ0v) is 13.2. The van der Waals surface area contributed by atoms with Gasteiger partial charge in [0.1, 0.15) is 0 Å². The van der Waals surface area contributed by atoms with Crippen molar-refractivity contribution in [1.82, 2.24) is 4.98 Å². The van der Waals surface area contributed by atoms with E-state index in [0.29, 0.717) is 12.8 Å². The molecular weight excluding hydrogens is 310 g/mol. The van der Waals surface area contributed by atoms with E-state index >= 15 is 0 Å². The summed E-state index contributed by atoms with van der Waals surface area (Å²) in [5.74, 6) is -0.387. The maximum Gasteiger partial charge on any atom is 0.336 e. The topological polar surface area (TPSA) is 94.4 Å². The van der Waals surface area contributed by atoms with Crippen molar-refractivity contribution in [3.8, 4) is 0 Å². The van der Waals surface area contributed by atoms with Crippen molar-refractivity contribution in [3.05, 3.63) is 63.8 Å². The van der Waals surface area contributed by atoms with E-state index in [2.05, 4.69) is 10.3 Å². The smallest absolute Gasteiger partial charge is 0.336 e. The normalized spacial score (nSPS) is 18.7. The van der Waals surface area contributed by atoms with Crippen molar-refractivity contribution in [2.45, 2.75) is 25.3 Å². The van der Waals surface area contributed by atoms with Crippen molar-refractivity contribution in [3.63, 3.8) is 0 Å². The largest absolute Gasteiger partial charge is 0.464 e. The minimum absolute atomic E-state index is 0.0623. The summed E-state index contributed by atoms with van der Waals surface area (Å²) in [4.78, 5) is 27.5. The lowest BCUT2D eigenvalue weighted by Gasteiger charge is -2.29. The van der Waals surface area contributed by atoms with Crippen LogP contribution in [0.4, 0.5) is 11.5 Å². The highest BCUT2D eigenvalue weighted by Crippen LogP contribution is 2.41. The molecule has 1 aromatic heterocycles. The number of carbonyl (C=O) groups excluding carboxylic acids is 1. The monoisotopic (exact) mass is 327 g/mol. The Morgan fingerprint density at radius 2 is 2.17 bits per heavy atom. The summed E-state index contributed by atoms with van der Waals surface area (Å²) >= 11 is 0. The first kappa shape index (κ1) is 15.9. The maximum atomic E-state index is 12.7. The minimum Gasteiger partial charge on any atom is -0.464 e. The number of ether oxygens (including phenoxy) is 1. The van der Waals surface area contributed by atoms with Gasteiger partial charge in [0, 0.05) is 12.3 Å². The molecule has 1 atom stereocenters. The Balaban J connectivity index is 2.09. The van der Waals surface area contributed by atoms with E-state index in [1.165, 1.54) is 18.3 Å². The summed E-state index contributed by atoms with van der Waals surface area (Å²) < 4.78 is 5.26. The average molecular weight is 327 g/mol. The number of nitro groups is 1. The van der Waals surface area contributed by atoms with Gasteiger partial charge in [-0.1, -0.05) is 24.3 Å². The number of carbonyl (C=O) groups is 1. The van der Waals surface area contributed by atoms with Gasteiger partial charge < -0.3 is 10.1 Å². The first-order valence-corrected chi connectivity index (χ1v) is 7.71. The molecule has 0 saturated carbocycles. The molecule has 2 aromatic rings. The molecule has 1 N–H and O–H groups in total. The molecule has 3 rings (SSSR count). The van der Waals surface area contributed by atoms with Crippen LogP contribution < -0.4 is 5.32 Å². The lowest BCUT2D eigenvalue weighted by Crippen LogP contribution is -2.43. The Morgan fingerprint density at radius 3 is 2.92 bits per heavy atom. The molecule has 1 aliphatic carbocycles. The molecule has 7 heteroatoms. The second-order valence-corrected chi connectivity index (χ2v) is 5.54. The Hall–Kier alpha value is -2.96. The number of nitrogens with zero attached hydrogens (tertiary/aromatic N) is 2. The number of pyridine rings is 1. The van der Waals surface area contributed by atoms with E-state index in [1.54, 1.807) is 6.92 Å². The summed E-state index contributed by atoms with van der Waals surface area (Å²) in [6.45, 7) is 1.96. The predicted octanol–water partition coefficient (Wildman–Crippen LogP) is 2.81. The van der Waals surface area contributed by atoms with Gasteiger partial charge in [-0.25, -0.2) is 9.78 Å². The van der Waals surface area contributed by atoms with Crippen LogP contribution in [0.2, 0.25) is 0 Å². The summed E-state index contributed by atoms with van der Waals surface area (Å²) in [6.07, 6.45) is 2.59. The van der Waals surface area contributed by atoms with Crippen LogP contribution in [0.25, 0.3) is 0 Å². The zero-order valence-electron chi connectivity index (χ0n) is 13.2. The van der Waals surface area contributed by atoms with E-state index in [0.717, 1.165) is 11.1 Å². The molecule has 0 amide bonds. The molecule has 0 bridgehead atoms. The van der Waals surface area contributed by atoms with Gasteiger partial charge in [0.25, 0.3) is 0 Å². The third-order valence-electron chi connectivity index (χ3n) is 4.19. The predicted molar refractivity (Wildman–Crippen MR) is 87.6 cm³/mol. The first-order valence-electron chi connectivity index (χ1n) is 7.71. The second-order valence-electron chi connectivity index (χ2n) is 5.54. The number of hydrogen-bond donors (Lipinski definition) is 1. The fourth-order valence-electron chi connectivity index (χ4n) is 3.10. The highest BCUT2D eigenvalue weighted by molar-refractivity contribution is 5.88. The molecule has 1 heterocycles. The number of benzene rings is 1. The van der Waals surface area contributed by atoms with Crippen molar-refractivity contribution < 1.29 is 14.5 Å². The third kappa shape index (κ3) is 2.58. The standard InChI is InChI=1S/C17H17N3O4/c1-2-24-16(21)17(10-9-12-6-3-4-7-13(12)17)19-15-14(20(22)23)8-5-11-18-15/h3-8,11H,2,9-10H2,1H3,(H,18,19)/t17-/m0/s1. The van der Waals surface area contributed by atoms with Crippen LogP contribution in [0.15, 0.2) is 42.6 Å². The van der Waals surface area contributed by atoms with E-state index < -0.39 is 16.4 Å². The van der Waals surface area contributed by atoms with Gasteiger partial charge in [0.2, 0.25) is 5.82 Å². The van der Waals surface area contributed by atoms with Crippen LogP contribution in [0.3, 0.4) is 0 Å². The van der Waals surface area contributed by atoms with E-state index in [9.17, 15) is 14.9 Å². The van der Waals surface area contributed by atoms with Gasteiger partial charge in [0.05, 0.1) is 11.5 Å². The number of aryl methyl sites for hydroxylation is 1. The molecule has 24 heavy (non-hydrogen) atoms. The van der Waals surface area contributed by atoms with Crippen molar-refractivity contribution in [2.24, 2.45) is 0 Å². The zero-order chi connectivity index (χ0) is 17.2. The molecule has 1 aliphatic rings. The van der Waals surface area contributed by atoms with Crippen LogP contribution >= 0.6 is 0 Å². The Labute approximate surface area is 138 Å². The summed E-state index contributed by atoms with van der Waals surface area (Å²) in [5.41, 5.74) is 0.469. The number of esters is 1. The van der Waals surface area contributed by atoms with Crippen LogP contribution in [0, 0.1) is 10.1 Å². The van der Waals surface area contributed by atoms with Gasteiger partial charge in [0.15, 0.2) is 5.54 Å². The fraction of sp³-hybridized carbons (Fsp3) is 0.294. The lowest BCUT2D eigenvalue weighted by atomic mass is 9.91. The summed E-state index contributed by atoms with van der Waals surface area (Å²) in [6, 6.07) is 10.4. The van der Waals surface area contributed by atoms with Gasteiger partial charge in [-0.3, -0.25) is 10.1 Å². The van der Waals surface area contributed by atoms with Crippen LogP contribution in [-0.4, -0.2) is 22.5 Å². The number of anilines is 1. The molecule has 1 aromatic carbocycles. The molecule has 0 aliphatic heterocycles. The van der Waals surface area contributed by atoms with Crippen molar-refractivity contribution in [1.29, 1.82) is 0 Å². The van der Waals surface area contributed by atoms with Crippen molar-refractivity contribution >= 4 is 17.5 Å². The number of hydrogen-bond acceptors (Lipinski definition) is 6. The molecule has 0 unspecified atom stereocenters. The number of nitrogens with one attached hydrogen (secondary N) is 1. The molecular formula is C17H17N3O4. The molecule has 0 radical (unpaired) electrons. The highest BCUT2D eigenvalue weighted by atomic mass is 16.6. The second kappa shape index (κ2) is 6.27. The van der Waals surface area contributed by atoms with Crippen LogP contribution in [0.5, 0.6) is 0 Å². The molecule has 124 valence electrons. The Morgan fingerprint density at radius 1 is 1.38 bits per heavy atom. The van der Waals surface area contributed by atoms with E-state index in [-0.39, 0.29) is 18.1 Å². The first-order chi connectivity index (χ1) is 11.6. The number of fused-ring (bicyclic) bond motifs is 1. The number of aromatic nitrogens is 1. The van der Waals surface area contributed by atoms with E-state index in [1.807, 2.05) is 24.3 Å². The summed E-state index contributed by atoms with van der Waals surface area (Å²) in [7, 11) is 0. The van der Waals surface area contributed by atoms with Gasteiger partial charge in [-0.15, -0.1) is 0 Å². The van der Waals surface area contributed by atoms with Gasteiger partial charge >= 0.3 is 11.7 Å². The van der Waals surface area contributed by atoms with Gasteiger partial charge in [-0.2, -0.15) is 0 Å². The lowest BCUT2D eigenvalue weighted by molar-refractivity contribution is -0.384. The minimum atomic E-state index is -1.16. The average Bonchev–Trinajstić information content (AvgIpc) is 2.95. The van der Waals surface area contributed by atoms with E-state index in [4.69, 9.17) is 4.74 Å². The SMILES string of the molecule is CCOC(=O)[C@]1(Nc2ncccc2[N+](=O)[O-])CCc2ccccc21. The van der Waals surface area contributed by atoms with Crippen LogP contribution in [0.1, 0.15) is 24.5 Å². The Bertz CT molecular complexity index is 793. The quantitative estimate of drug-likeness (QED) is 0.515. The van der Waals surface area contributed by atoms with Crippen molar-refractivity contribution in [2.75, 3.05) is 11.9 Å². The molecule has 7 nitrogen and oxygen atoms in total. The van der Waals surface area contributed by atoms with Crippen LogP contribution in [-0.2, 0) is 21.5 Å². The highest BCUT2D eigenvalue weighted by Gasteiger charge is 2.47. The molecule has 0 spiro atoms. The van der Waals surface area contributed by atoms with Gasteiger partial charge in [-0.05, 0) is 37.0 Å². The summed E-state index contributed by atoms with van der Waals surface area (Å²) in [5, 5.41) is 14.3. The fourth-order valence-corrected chi connectivity index (χ4v) is 3.10. The maximum absolute atomic E-state index is 12.7. The molecule has 0 fully saturated rings. The molecule has 0 saturated heterocycles. The Kier molecular flexibility index (Phi) is 4.16. The third-order valence-corrected chi connectivity index (χ3v) is 4.19. The number of rotatable bonds is 5.